The average molecular weight is 264 g/mol. The van der Waals surface area contributed by atoms with E-state index in [9.17, 15) is 15.0 Å². The molecular weight excluding hydrogens is 244 g/mol. The molecule has 0 unspecified atom stereocenters. The number of rotatable bonds is 2. The minimum Gasteiger partial charge on any atom is -0.463 e. The molecule has 7 heteroatoms. The number of esters is 1. The minimum atomic E-state index is -2.26. The summed E-state index contributed by atoms with van der Waals surface area (Å²) >= 11 is 0. The van der Waals surface area contributed by atoms with E-state index in [0.717, 1.165) is 0 Å². The van der Waals surface area contributed by atoms with Crippen molar-refractivity contribution in [3.8, 4) is 0 Å². The van der Waals surface area contributed by atoms with E-state index in [0.29, 0.717) is 0 Å². The number of ether oxygens (including phenoxy) is 4. The van der Waals surface area contributed by atoms with Crippen LogP contribution in [0.2, 0.25) is 0 Å². The van der Waals surface area contributed by atoms with Gasteiger partial charge >= 0.3 is 5.97 Å². The fourth-order valence-corrected chi connectivity index (χ4v) is 1.54. The average Bonchev–Trinajstić information content (AvgIpc) is 2.19. The molecule has 0 aromatic rings. The van der Waals surface area contributed by atoms with E-state index in [1.807, 2.05) is 0 Å². The topological polar surface area (TPSA) is 94.5 Å². The van der Waals surface area contributed by atoms with Crippen LogP contribution in [0.3, 0.4) is 0 Å². The number of aliphatic hydroxyl groups is 2. The predicted molar refractivity (Wildman–Crippen MR) is 59.3 cm³/mol. The van der Waals surface area contributed by atoms with Gasteiger partial charge in [0.2, 0.25) is 5.79 Å². The van der Waals surface area contributed by atoms with Crippen molar-refractivity contribution in [2.75, 3.05) is 13.2 Å². The van der Waals surface area contributed by atoms with E-state index in [1.165, 1.54) is 6.92 Å². The van der Waals surface area contributed by atoms with Crippen LogP contribution in [0.25, 0.3) is 0 Å². The lowest BCUT2D eigenvalue weighted by molar-refractivity contribution is -0.385. The summed E-state index contributed by atoms with van der Waals surface area (Å²) in [7, 11) is 0. The van der Waals surface area contributed by atoms with E-state index in [-0.39, 0.29) is 6.61 Å². The van der Waals surface area contributed by atoms with E-state index in [2.05, 4.69) is 0 Å². The third-order valence-electron chi connectivity index (χ3n) is 2.39. The van der Waals surface area contributed by atoms with Gasteiger partial charge in [0.1, 0.15) is 13.2 Å². The maximum Gasteiger partial charge on any atom is 0.302 e. The van der Waals surface area contributed by atoms with Crippen molar-refractivity contribution in [3.63, 3.8) is 0 Å². The van der Waals surface area contributed by atoms with Crippen LogP contribution in [-0.4, -0.2) is 53.4 Å². The lowest BCUT2D eigenvalue weighted by atomic mass is 10.1. The molecule has 1 rings (SSSR count). The van der Waals surface area contributed by atoms with Gasteiger partial charge in [0.25, 0.3) is 0 Å². The highest BCUT2D eigenvalue weighted by Gasteiger charge is 2.43. The maximum atomic E-state index is 10.7. The van der Waals surface area contributed by atoms with Crippen LogP contribution in [0.4, 0.5) is 0 Å². The summed E-state index contributed by atoms with van der Waals surface area (Å²) in [6.07, 6.45) is -1.88. The van der Waals surface area contributed by atoms with Crippen molar-refractivity contribution in [1.82, 2.24) is 0 Å². The van der Waals surface area contributed by atoms with Gasteiger partial charge in [0.05, 0.1) is 0 Å². The van der Waals surface area contributed by atoms with Gasteiger partial charge in [-0.1, -0.05) is 0 Å². The van der Waals surface area contributed by atoms with Crippen LogP contribution < -0.4 is 0 Å². The SMILES string of the molecule is CC(=O)OC[C@H]1O[C@@H](C)OC(C)(C)OCC1(O)O. The molecule has 18 heavy (non-hydrogen) atoms. The molecule has 0 amide bonds. The fraction of sp³-hybridized carbons (Fsp3) is 0.909. The summed E-state index contributed by atoms with van der Waals surface area (Å²) in [5.74, 6) is -3.79. The smallest absolute Gasteiger partial charge is 0.302 e. The van der Waals surface area contributed by atoms with Crippen molar-refractivity contribution >= 4 is 5.97 Å². The van der Waals surface area contributed by atoms with Crippen molar-refractivity contribution in [2.24, 2.45) is 0 Å². The lowest BCUT2D eigenvalue weighted by Crippen LogP contribution is -2.56. The van der Waals surface area contributed by atoms with Gasteiger partial charge in [-0.3, -0.25) is 4.79 Å². The van der Waals surface area contributed by atoms with Crippen LogP contribution in [-0.2, 0) is 23.7 Å². The van der Waals surface area contributed by atoms with Crippen LogP contribution in [0.5, 0.6) is 0 Å². The Morgan fingerprint density at radius 1 is 1.44 bits per heavy atom. The minimum absolute atomic E-state index is 0.292. The molecule has 0 aromatic carbocycles. The highest BCUT2D eigenvalue weighted by molar-refractivity contribution is 5.65. The fourth-order valence-electron chi connectivity index (χ4n) is 1.54. The Labute approximate surface area is 106 Å². The van der Waals surface area contributed by atoms with Gasteiger partial charge < -0.3 is 29.2 Å². The monoisotopic (exact) mass is 264 g/mol. The third kappa shape index (κ3) is 4.51. The zero-order valence-electron chi connectivity index (χ0n) is 11.0. The highest BCUT2D eigenvalue weighted by atomic mass is 16.8. The first-order valence-electron chi connectivity index (χ1n) is 5.68. The molecule has 0 aromatic heterocycles. The van der Waals surface area contributed by atoms with Crippen molar-refractivity contribution in [2.45, 2.75) is 51.7 Å². The number of hydrogen-bond acceptors (Lipinski definition) is 7. The number of carbonyl (C=O) groups excluding carboxylic acids is 1. The first-order valence-corrected chi connectivity index (χ1v) is 5.68. The highest BCUT2D eigenvalue weighted by Crippen LogP contribution is 2.24. The summed E-state index contributed by atoms with van der Waals surface area (Å²) < 4.78 is 20.7. The summed E-state index contributed by atoms with van der Waals surface area (Å²) in [6.45, 7) is 5.37. The Balaban J connectivity index is 2.73. The van der Waals surface area contributed by atoms with Gasteiger partial charge in [-0.15, -0.1) is 0 Å². The molecule has 2 N–H and O–H groups in total. The molecule has 0 radical (unpaired) electrons. The molecule has 1 fully saturated rings. The molecule has 106 valence electrons. The van der Waals surface area contributed by atoms with E-state index < -0.39 is 36.5 Å². The van der Waals surface area contributed by atoms with E-state index >= 15 is 0 Å². The first kappa shape index (κ1) is 15.3. The molecule has 0 saturated carbocycles. The number of hydrogen-bond donors (Lipinski definition) is 2. The molecular formula is C11H20O7. The number of carbonyl (C=O) groups is 1. The normalized spacial score (nSPS) is 31.2. The molecule has 1 saturated heterocycles. The van der Waals surface area contributed by atoms with Crippen LogP contribution in [0, 0.1) is 0 Å². The Bertz CT molecular complexity index is 300. The van der Waals surface area contributed by atoms with Crippen LogP contribution in [0.1, 0.15) is 27.7 Å². The summed E-state index contributed by atoms with van der Waals surface area (Å²) in [4.78, 5) is 10.7. The zero-order chi connectivity index (χ0) is 14.0. The molecule has 1 heterocycles. The Morgan fingerprint density at radius 3 is 2.61 bits per heavy atom. The summed E-state index contributed by atoms with van der Waals surface area (Å²) in [5.41, 5.74) is 0. The van der Waals surface area contributed by atoms with Gasteiger partial charge in [-0.25, -0.2) is 0 Å². The molecule has 2 atom stereocenters. The third-order valence-corrected chi connectivity index (χ3v) is 2.39. The van der Waals surface area contributed by atoms with Gasteiger partial charge in [0, 0.05) is 6.92 Å². The quantitative estimate of drug-likeness (QED) is 0.524. The maximum absolute atomic E-state index is 10.7. The van der Waals surface area contributed by atoms with Crippen LogP contribution >= 0.6 is 0 Å². The van der Waals surface area contributed by atoms with E-state index in [1.54, 1.807) is 20.8 Å². The van der Waals surface area contributed by atoms with Gasteiger partial charge in [0.15, 0.2) is 18.2 Å². The Morgan fingerprint density at radius 2 is 2.06 bits per heavy atom. The molecule has 7 nitrogen and oxygen atoms in total. The van der Waals surface area contributed by atoms with Gasteiger partial charge in [-0.2, -0.15) is 0 Å². The predicted octanol–water partition coefficient (Wildman–Crippen LogP) is -0.255. The van der Waals surface area contributed by atoms with Crippen molar-refractivity contribution < 1.29 is 34.0 Å². The largest absolute Gasteiger partial charge is 0.463 e. The van der Waals surface area contributed by atoms with Crippen molar-refractivity contribution in [1.29, 1.82) is 0 Å². The van der Waals surface area contributed by atoms with Gasteiger partial charge in [-0.05, 0) is 20.8 Å². The molecule has 0 spiro atoms. The standard InChI is InChI=1S/C11H20O7/c1-7(12)15-5-9-11(13,14)6-16-10(3,4)18-8(2)17-9/h8-9,13-14H,5-6H2,1-4H3/t8-,9-/m1/s1. The Kier molecular flexibility index (Phi) is 4.68. The second-order valence-electron chi connectivity index (χ2n) is 4.68. The summed E-state index contributed by atoms with van der Waals surface area (Å²) in [5, 5.41) is 19.7. The van der Waals surface area contributed by atoms with Crippen LogP contribution in [0.15, 0.2) is 0 Å². The second kappa shape index (κ2) is 5.50. The molecule has 0 bridgehead atoms. The molecule has 1 aliphatic rings. The van der Waals surface area contributed by atoms with E-state index in [4.69, 9.17) is 18.9 Å². The zero-order valence-corrected chi connectivity index (χ0v) is 11.0. The molecule has 1 aliphatic heterocycles. The summed E-state index contributed by atoms with van der Waals surface area (Å²) in [6, 6.07) is 0. The Hall–Kier alpha value is -0.730. The molecule has 0 aliphatic carbocycles. The second-order valence-corrected chi connectivity index (χ2v) is 4.68. The van der Waals surface area contributed by atoms with Crippen molar-refractivity contribution in [3.05, 3.63) is 0 Å². The lowest BCUT2D eigenvalue weighted by Gasteiger charge is -2.40. The first-order chi connectivity index (χ1) is 8.12.